The average molecular weight is 233 g/mol. The zero-order chi connectivity index (χ0) is 12.3. The Balaban J connectivity index is 2.39. The zero-order valence-electron chi connectivity index (χ0n) is 10.0. The average Bonchev–Trinajstić information content (AvgIpc) is 2.80. The molecule has 0 radical (unpaired) electrons. The summed E-state index contributed by atoms with van der Waals surface area (Å²) in [5.74, 6) is 0.530. The van der Waals surface area contributed by atoms with Gasteiger partial charge in [0.15, 0.2) is 0 Å². The lowest BCUT2D eigenvalue weighted by Crippen LogP contribution is -2.22. The number of aryl methyl sites for hydroxylation is 1. The maximum absolute atomic E-state index is 13.9. The van der Waals surface area contributed by atoms with Gasteiger partial charge in [-0.25, -0.2) is 4.39 Å². The van der Waals surface area contributed by atoms with E-state index in [1.807, 2.05) is 32.0 Å². The largest absolute Gasteiger partial charge is 0.467 e. The van der Waals surface area contributed by atoms with Gasteiger partial charge < -0.3 is 9.73 Å². The lowest BCUT2D eigenvalue weighted by atomic mass is 10.0. The van der Waals surface area contributed by atoms with E-state index >= 15 is 0 Å². The molecule has 1 unspecified atom stereocenters. The van der Waals surface area contributed by atoms with Gasteiger partial charge in [-0.1, -0.05) is 19.1 Å². The van der Waals surface area contributed by atoms with Crippen LogP contribution in [-0.2, 0) is 0 Å². The van der Waals surface area contributed by atoms with Gasteiger partial charge in [-0.3, -0.25) is 0 Å². The minimum absolute atomic E-state index is 0.202. The van der Waals surface area contributed by atoms with E-state index in [0.29, 0.717) is 5.56 Å². The van der Waals surface area contributed by atoms with Gasteiger partial charge in [0.2, 0.25) is 0 Å². The third-order valence-corrected chi connectivity index (χ3v) is 2.70. The second-order valence-corrected chi connectivity index (χ2v) is 4.03. The molecule has 0 aliphatic rings. The number of halogens is 1. The van der Waals surface area contributed by atoms with Crippen LogP contribution in [0.5, 0.6) is 0 Å². The van der Waals surface area contributed by atoms with E-state index in [0.717, 1.165) is 17.9 Å². The highest BCUT2D eigenvalue weighted by Gasteiger charge is 2.19. The summed E-state index contributed by atoms with van der Waals surface area (Å²) in [6, 6.07) is 8.70. The maximum Gasteiger partial charge on any atom is 0.128 e. The first kappa shape index (κ1) is 11.9. The Hall–Kier alpha value is -1.61. The molecule has 1 aromatic heterocycles. The summed E-state index contributed by atoms with van der Waals surface area (Å²) in [5, 5.41) is 3.23. The van der Waals surface area contributed by atoms with Gasteiger partial charge in [-0.15, -0.1) is 0 Å². The van der Waals surface area contributed by atoms with Crippen LogP contribution in [0.1, 0.15) is 29.9 Å². The standard InChI is InChI=1S/C14H16FNO/c1-3-16-14(13-5-4-8-17-13)11-7-6-10(2)9-12(11)15/h4-9,14,16H,3H2,1-2H3. The number of hydrogen-bond donors (Lipinski definition) is 1. The van der Waals surface area contributed by atoms with Crippen LogP contribution in [-0.4, -0.2) is 6.54 Å². The first-order valence-corrected chi connectivity index (χ1v) is 5.75. The van der Waals surface area contributed by atoms with Crippen LogP contribution in [0.4, 0.5) is 4.39 Å². The first-order chi connectivity index (χ1) is 8.22. The fraction of sp³-hybridized carbons (Fsp3) is 0.286. The second kappa shape index (κ2) is 5.15. The smallest absolute Gasteiger partial charge is 0.128 e. The van der Waals surface area contributed by atoms with Crippen molar-refractivity contribution < 1.29 is 8.81 Å². The predicted molar refractivity (Wildman–Crippen MR) is 65.4 cm³/mol. The van der Waals surface area contributed by atoms with E-state index in [1.165, 1.54) is 0 Å². The van der Waals surface area contributed by atoms with E-state index in [4.69, 9.17) is 4.42 Å². The number of rotatable bonds is 4. The van der Waals surface area contributed by atoms with Crippen molar-refractivity contribution in [1.29, 1.82) is 0 Å². The predicted octanol–water partition coefficient (Wildman–Crippen LogP) is 3.43. The summed E-state index contributed by atoms with van der Waals surface area (Å²) in [7, 11) is 0. The molecule has 0 saturated carbocycles. The van der Waals surface area contributed by atoms with Crippen molar-refractivity contribution in [2.75, 3.05) is 6.54 Å². The summed E-state index contributed by atoms with van der Waals surface area (Å²) >= 11 is 0. The molecule has 0 spiro atoms. The molecule has 17 heavy (non-hydrogen) atoms. The fourth-order valence-corrected chi connectivity index (χ4v) is 1.89. The highest BCUT2D eigenvalue weighted by atomic mass is 19.1. The molecule has 0 fully saturated rings. The van der Waals surface area contributed by atoms with Crippen molar-refractivity contribution in [3.05, 3.63) is 59.3 Å². The van der Waals surface area contributed by atoms with Gasteiger partial charge >= 0.3 is 0 Å². The number of benzene rings is 1. The number of furan rings is 1. The molecule has 1 heterocycles. The molecular weight excluding hydrogens is 217 g/mol. The summed E-state index contributed by atoms with van der Waals surface area (Å²) in [6.07, 6.45) is 1.60. The first-order valence-electron chi connectivity index (χ1n) is 5.75. The van der Waals surface area contributed by atoms with Crippen LogP contribution in [0.25, 0.3) is 0 Å². The Morgan fingerprint density at radius 1 is 1.35 bits per heavy atom. The molecule has 1 N–H and O–H groups in total. The van der Waals surface area contributed by atoms with Crippen molar-refractivity contribution in [3.63, 3.8) is 0 Å². The van der Waals surface area contributed by atoms with Crippen molar-refractivity contribution in [1.82, 2.24) is 5.32 Å². The summed E-state index contributed by atoms with van der Waals surface area (Å²) < 4.78 is 19.3. The van der Waals surface area contributed by atoms with Crippen LogP contribution in [0, 0.1) is 12.7 Å². The van der Waals surface area contributed by atoms with Crippen LogP contribution >= 0.6 is 0 Å². The molecule has 0 amide bonds. The molecule has 3 heteroatoms. The van der Waals surface area contributed by atoms with Gasteiger partial charge in [-0.05, 0) is 37.2 Å². The lowest BCUT2D eigenvalue weighted by Gasteiger charge is -2.17. The lowest BCUT2D eigenvalue weighted by molar-refractivity contribution is 0.441. The van der Waals surface area contributed by atoms with Gasteiger partial charge in [0, 0.05) is 5.56 Å². The quantitative estimate of drug-likeness (QED) is 0.875. The monoisotopic (exact) mass is 233 g/mol. The number of nitrogens with one attached hydrogen (secondary N) is 1. The second-order valence-electron chi connectivity index (χ2n) is 4.03. The van der Waals surface area contributed by atoms with E-state index in [2.05, 4.69) is 5.32 Å². The Bertz CT molecular complexity index is 479. The summed E-state index contributed by atoms with van der Waals surface area (Å²) in [5.41, 5.74) is 1.54. The Kier molecular flexibility index (Phi) is 3.59. The Morgan fingerprint density at radius 2 is 2.18 bits per heavy atom. The zero-order valence-corrected chi connectivity index (χ0v) is 10.0. The summed E-state index contributed by atoms with van der Waals surface area (Å²) in [4.78, 5) is 0. The molecule has 2 nitrogen and oxygen atoms in total. The van der Waals surface area contributed by atoms with Crippen molar-refractivity contribution in [2.45, 2.75) is 19.9 Å². The van der Waals surface area contributed by atoms with Crippen LogP contribution in [0.15, 0.2) is 41.0 Å². The van der Waals surface area contributed by atoms with E-state index in [9.17, 15) is 4.39 Å². The molecule has 2 aromatic rings. The van der Waals surface area contributed by atoms with Crippen molar-refractivity contribution >= 4 is 0 Å². The van der Waals surface area contributed by atoms with E-state index in [1.54, 1.807) is 18.4 Å². The minimum atomic E-state index is -0.226. The molecule has 0 bridgehead atoms. The van der Waals surface area contributed by atoms with E-state index in [-0.39, 0.29) is 11.9 Å². The highest BCUT2D eigenvalue weighted by Crippen LogP contribution is 2.25. The molecule has 1 atom stereocenters. The summed E-state index contributed by atoms with van der Waals surface area (Å²) in [6.45, 7) is 4.61. The van der Waals surface area contributed by atoms with Gasteiger partial charge in [-0.2, -0.15) is 0 Å². The highest BCUT2D eigenvalue weighted by molar-refractivity contribution is 5.30. The van der Waals surface area contributed by atoms with Gasteiger partial charge in [0.25, 0.3) is 0 Å². The Morgan fingerprint density at radius 3 is 2.76 bits per heavy atom. The third-order valence-electron chi connectivity index (χ3n) is 2.70. The van der Waals surface area contributed by atoms with Gasteiger partial charge in [0.1, 0.15) is 11.6 Å². The maximum atomic E-state index is 13.9. The van der Waals surface area contributed by atoms with Crippen LogP contribution in [0.3, 0.4) is 0 Å². The molecule has 2 rings (SSSR count). The molecular formula is C14H16FNO. The molecule has 0 saturated heterocycles. The molecule has 90 valence electrons. The Labute approximate surface area is 100 Å². The minimum Gasteiger partial charge on any atom is -0.467 e. The van der Waals surface area contributed by atoms with Crippen LogP contribution in [0.2, 0.25) is 0 Å². The third kappa shape index (κ3) is 2.56. The van der Waals surface area contributed by atoms with Crippen LogP contribution < -0.4 is 5.32 Å². The molecule has 1 aromatic carbocycles. The number of hydrogen-bond acceptors (Lipinski definition) is 2. The molecule has 0 aliphatic carbocycles. The SMILES string of the molecule is CCNC(c1ccco1)c1ccc(C)cc1F. The van der Waals surface area contributed by atoms with Crippen molar-refractivity contribution in [3.8, 4) is 0 Å². The normalized spacial score (nSPS) is 12.6. The van der Waals surface area contributed by atoms with E-state index < -0.39 is 0 Å². The molecule has 0 aliphatic heterocycles. The van der Waals surface area contributed by atoms with Crippen molar-refractivity contribution in [2.24, 2.45) is 0 Å². The topological polar surface area (TPSA) is 25.2 Å². The fourth-order valence-electron chi connectivity index (χ4n) is 1.89. The van der Waals surface area contributed by atoms with Gasteiger partial charge in [0.05, 0.1) is 12.3 Å².